The predicted octanol–water partition coefficient (Wildman–Crippen LogP) is 4.56. The highest BCUT2D eigenvalue weighted by molar-refractivity contribution is 14.1. The summed E-state index contributed by atoms with van der Waals surface area (Å²) in [5, 5.41) is 3.55. The molecule has 1 amide bonds. The lowest BCUT2D eigenvalue weighted by atomic mass is 10.1. The number of carbonyl (C=O) groups is 2. The maximum absolute atomic E-state index is 12.6. The average Bonchev–Trinajstić information content (AvgIpc) is 3.24. The van der Waals surface area contributed by atoms with E-state index in [1.807, 2.05) is 61.1 Å². The molecule has 0 aliphatic carbocycles. The molecule has 3 aromatic rings. The lowest BCUT2D eigenvalue weighted by Crippen LogP contribution is -2.22. The zero-order valence-corrected chi connectivity index (χ0v) is 17.3. The lowest BCUT2D eigenvalue weighted by Gasteiger charge is -2.09. The van der Waals surface area contributed by atoms with Gasteiger partial charge in [0.1, 0.15) is 5.00 Å². The van der Waals surface area contributed by atoms with Crippen molar-refractivity contribution in [2.24, 2.45) is 0 Å². The van der Waals surface area contributed by atoms with Crippen LogP contribution in [0.15, 0.2) is 48.8 Å². The predicted molar refractivity (Wildman–Crippen MR) is 111 cm³/mol. The molecule has 5 nitrogen and oxygen atoms in total. The van der Waals surface area contributed by atoms with Crippen LogP contribution in [0.5, 0.6) is 0 Å². The first-order chi connectivity index (χ1) is 12.5. The van der Waals surface area contributed by atoms with Crippen LogP contribution >= 0.6 is 33.9 Å². The maximum atomic E-state index is 12.6. The molecule has 0 radical (unpaired) electrons. The lowest BCUT2D eigenvalue weighted by molar-refractivity contribution is -0.119. The second kappa shape index (κ2) is 8.05. The second-order valence-electron chi connectivity index (χ2n) is 5.66. The molecule has 134 valence electrons. The fraction of sp³-hybridized carbons (Fsp3) is 0.158. The smallest absolute Gasteiger partial charge is 0.341 e. The number of aromatic nitrogens is 1. The van der Waals surface area contributed by atoms with E-state index in [-0.39, 0.29) is 12.5 Å². The molecular weight excluding hydrogens is 463 g/mol. The Morgan fingerprint density at radius 1 is 1.15 bits per heavy atom. The van der Waals surface area contributed by atoms with Crippen molar-refractivity contribution in [2.75, 3.05) is 11.9 Å². The number of carbonyl (C=O) groups excluding carboxylic acids is 2. The van der Waals surface area contributed by atoms with E-state index in [1.165, 1.54) is 11.3 Å². The average molecular weight is 480 g/mol. The molecule has 0 saturated heterocycles. The van der Waals surface area contributed by atoms with Gasteiger partial charge in [-0.2, -0.15) is 0 Å². The van der Waals surface area contributed by atoms with Gasteiger partial charge < -0.3 is 14.6 Å². The van der Waals surface area contributed by atoms with Crippen molar-refractivity contribution in [1.82, 2.24) is 4.57 Å². The van der Waals surface area contributed by atoms with E-state index in [4.69, 9.17) is 4.74 Å². The minimum atomic E-state index is -0.492. The highest BCUT2D eigenvalue weighted by Gasteiger charge is 2.22. The van der Waals surface area contributed by atoms with Gasteiger partial charge in [-0.25, -0.2) is 4.79 Å². The van der Waals surface area contributed by atoms with Crippen LogP contribution in [0.25, 0.3) is 5.00 Å². The summed E-state index contributed by atoms with van der Waals surface area (Å²) in [6.07, 6.45) is 3.76. The third-order valence-electron chi connectivity index (χ3n) is 3.89. The molecule has 0 spiro atoms. The Morgan fingerprint density at radius 2 is 1.85 bits per heavy atom. The fourth-order valence-corrected chi connectivity index (χ4v) is 4.09. The van der Waals surface area contributed by atoms with Gasteiger partial charge in [0.25, 0.3) is 5.91 Å². The Balaban J connectivity index is 1.71. The first-order valence-corrected chi connectivity index (χ1v) is 9.81. The number of halogens is 1. The van der Waals surface area contributed by atoms with E-state index in [9.17, 15) is 9.59 Å². The zero-order chi connectivity index (χ0) is 18.7. The molecule has 0 aliphatic heterocycles. The Labute approximate surface area is 169 Å². The van der Waals surface area contributed by atoms with E-state index < -0.39 is 5.97 Å². The summed E-state index contributed by atoms with van der Waals surface area (Å²) in [6.45, 7) is 3.53. The maximum Gasteiger partial charge on any atom is 0.341 e. The minimum absolute atomic E-state index is 0.330. The Morgan fingerprint density at radius 3 is 2.54 bits per heavy atom. The molecule has 0 aliphatic rings. The standard InChI is InChI=1S/C19H17IN2O3S/c1-12-13(2)26-18(22-9-5-6-10-22)17(12)19(24)25-11-16(23)21-15-8-4-3-7-14(15)20/h3-10H,11H2,1-2H3,(H,21,23). The number of amides is 1. The molecule has 7 heteroatoms. The van der Waals surface area contributed by atoms with Gasteiger partial charge in [0.2, 0.25) is 0 Å². The number of benzene rings is 1. The molecule has 0 bridgehead atoms. The third-order valence-corrected chi connectivity index (χ3v) is 6.05. The van der Waals surface area contributed by atoms with Crippen LogP contribution in [-0.2, 0) is 9.53 Å². The first kappa shape index (κ1) is 18.7. The molecule has 3 rings (SSSR count). The summed E-state index contributed by atoms with van der Waals surface area (Å²) in [6, 6.07) is 11.2. The van der Waals surface area contributed by atoms with Crippen LogP contribution in [0, 0.1) is 17.4 Å². The van der Waals surface area contributed by atoms with Crippen molar-refractivity contribution < 1.29 is 14.3 Å². The molecule has 2 heterocycles. The van der Waals surface area contributed by atoms with Gasteiger partial charge in [-0.15, -0.1) is 11.3 Å². The van der Waals surface area contributed by atoms with E-state index in [0.717, 1.165) is 19.0 Å². The minimum Gasteiger partial charge on any atom is -0.452 e. The van der Waals surface area contributed by atoms with Crippen LogP contribution in [0.1, 0.15) is 20.8 Å². The zero-order valence-electron chi connectivity index (χ0n) is 14.3. The van der Waals surface area contributed by atoms with Crippen molar-refractivity contribution in [2.45, 2.75) is 13.8 Å². The molecule has 26 heavy (non-hydrogen) atoms. The number of hydrogen-bond acceptors (Lipinski definition) is 4. The van der Waals surface area contributed by atoms with Crippen molar-refractivity contribution in [3.63, 3.8) is 0 Å². The van der Waals surface area contributed by atoms with Crippen molar-refractivity contribution in [3.05, 3.63) is 68.4 Å². The van der Waals surface area contributed by atoms with Gasteiger partial charge in [-0.1, -0.05) is 12.1 Å². The van der Waals surface area contributed by atoms with Crippen LogP contribution in [0.4, 0.5) is 5.69 Å². The summed E-state index contributed by atoms with van der Waals surface area (Å²) in [4.78, 5) is 25.8. The normalized spacial score (nSPS) is 10.6. The Hall–Kier alpha value is -2.13. The molecule has 0 saturated carbocycles. The molecule has 2 aromatic heterocycles. The topological polar surface area (TPSA) is 60.3 Å². The van der Waals surface area contributed by atoms with Crippen molar-refractivity contribution in [1.29, 1.82) is 0 Å². The van der Waals surface area contributed by atoms with Gasteiger partial charge in [0, 0.05) is 20.8 Å². The summed E-state index contributed by atoms with van der Waals surface area (Å²) < 4.78 is 8.08. The number of anilines is 1. The van der Waals surface area contributed by atoms with E-state index in [2.05, 4.69) is 27.9 Å². The number of nitrogens with one attached hydrogen (secondary N) is 1. The van der Waals surface area contributed by atoms with Crippen LogP contribution in [0.3, 0.4) is 0 Å². The molecule has 0 atom stereocenters. The summed E-state index contributed by atoms with van der Waals surface area (Å²) in [7, 11) is 0. The molecular formula is C19H17IN2O3S. The number of hydrogen-bond donors (Lipinski definition) is 1. The number of para-hydroxylation sites is 1. The second-order valence-corrected chi connectivity index (χ2v) is 8.02. The Kier molecular flexibility index (Phi) is 5.77. The summed E-state index contributed by atoms with van der Waals surface area (Å²) in [5.41, 5.74) is 2.08. The van der Waals surface area contributed by atoms with Crippen molar-refractivity contribution >= 4 is 51.5 Å². The van der Waals surface area contributed by atoms with Crippen LogP contribution < -0.4 is 5.32 Å². The number of esters is 1. The monoisotopic (exact) mass is 480 g/mol. The Bertz CT molecular complexity index is 948. The largest absolute Gasteiger partial charge is 0.452 e. The highest BCUT2D eigenvalue weighted by Crippen LogP contribution is 2.31. The third kappa shape index (κ3) is 3.99. The van der Waals surface area contributed by atoms with Gasteiger partial charge in [-0.3, -0.25) is 4.79 Å². The number of nitrogens with zero attached hydrogens (tertiary/aromatic N) is 1. The van der Waals surface area contributed by atoms with Gasteiger partial charge in [0.15, 0.2) is 6.61 Å². The van der Waals surface area contributed by atoms with Gasteiger partial charge in [-0.05, 0) is 66.3 Å². The quantitative estimate of drug-likeness (QED) is 0.431. The van der Waals surface area contributed by atoms with Gasteiger partial charge >= 0.3 is 5.97 Å². The van der Waals surface area contributed by atoms with Crippen LogP contribution in [0.2, 0.25) is 0 Å². The summed E-state index contributed by atoms with van der Waals surface area (Å²) in [5.74, 6) is -0.858. The van der Waals surface area contributed by atoms with E-state index in [0.29, 0.717) is 11.3 Å². The number of aryl methyl sites for hydroxylation is 1. The molecule has 1 N–H and O–H groups in total. The van der Waals surface area contributed by atoms with E-state index in [1.54, 1.807) is 6.07 Å². The first-order valence-electron chi connectivity index (χ1n) is 7.92. The van der Waals surface area contributed by atoms with Crippen molar-refractivity contribution in [3.8, 4) is 5.00 Å². The number of thiophene rings is 1. The summed E-state index contributed by atoms with van der Waals surface area (Å²) >= 11 is 3.66. The molecule has 0 unspecified atom stereocenters. The number of ether oxygens (including phenoxy) is 1. The highest BCUT2D eigenvalue weighted by atomic mass is 127. The number of rotatable bonds is 5. The SMILES string of the molecule is Cc1sc(-n2cccc2)c(C(=O)OCC(=O)Nc2ccccc2I)c1C. The molecule has 0 fully saturated rings. The molecule has 1 aromatic carbocycles. The van der Waals surface area contributed by atoms with Crippen LogP contribution in [-0.4, -0.2) is 23.1 Å². The van der Waals surface area contributed by atoms with E-state index >= 15 is 0 Å². The fourth-order valence-electron chi connectivity index (χ4n) is 2.45. The van der Waals surface area contributed by atoms with Gasteiger partial charge in [0.05, 0.1) is 11.3 Å².